The Morgan fingerprint density at radius 2 is 1.68 bits per heavy atom. The molecule has 0 spiro atoms. The lowest BCUT2D eigenvalue weighted by Crippen LogP contribution is -2.36. The topological polar surface area (TPSA) is 108 Å². The van der Waals surface area contributed by atoms with E-state index in [1.165, 1.54) is 57.9 Å². The predicted molar refractivity (Wildman–Crippen MR) is 121 cm³/mol. The third-order valence-electron chi connectivity index (χ3n) is 4.64. The molecular weight excluding hydrogens is 445 g/mol. The van der Waals surface area contributed by atoms with Crippen LogP contribution in [0.1, 0.15) is 15.9 Å². The molecule has 0 aliphatic heterocycles. The number of aromatic nitrogens is 1. The van der Waals surface area contributed by atoms with Gasteiger partial charge in [-0.05, 0) is 29.8 Å². The number of nitrogens with one attached hydrogen (secondary N) is 2. The molecule has 34 heavy (non-hydrogen) atoms. The molecule has 0 aliphatic rings. The fourth-order valence-corrected chi connectivity index (χ4v) is 2.97. The highest BCUT2D eigenvalue weighted by molar-refractivity contribution is 5.97. The molecule has 2 aromatic carbocycles. The Morgan fingerprint density at radius 3 is 2.26 bits per heavy atom. The second-order valence-corrected chi connectivity index (χ2v) is 6.94. The van der Waals surface area contributed by atoms with Gasteiger partial charge in [0.2, 0.25) is 17.5 Å². The van der Waals surface area contributed by atoms with Crippen LogP contribution in [-0.4, -0.2) is 44.7 Å². The van der Waals surface area contributed by atoms with Crippen LogP contribution in [0.2, 0.25) is 0 Å². The van der Waals surface area contributed by atoms with Crippen LogP contribution >= 0.6 is 0 Å². The van der Waals surface area contributed by atoms with Crippen molar-refractivity contribution in [3.63, 3.8) is 0 Å². The highest BCUT2D eigenvalue weighted by Gasteiger charge is 2.17. The summed E-state index contributed by atoms with van der Waals surface area (Å²) >= 11 is 0. The van der Waals surface area contributed by atoms with Crippen molar-refractivity contribution in [1.29, 1.82) is 0 Å². The van der Waals surface area contributed by atoms with Crippen molar-refractivity contribution < 1.29 is 32.9 Å². The van der Waals surface area contributed by atoms with E-state index in [-0.39, 0.29) is 24.6 Å². The van der Waals surface area contributed by atoms with Gasteiger partial charge in [-0.25, -0.2) is 9.37 Å². The average Bonchev–Trinajstić information content (AvgIpc) is 2.85. The minimum atomic E-state index is -0.477. The maximum Gasteiger partial charge on any atom is 0.251 e. The number of carbonyl (C=O) groups is 2. The molecule has 10 heteroatoms. The van der Waals surface area contributed by atoms with Crippen molar-refractivity contribution in [3.05, 3.63) is 71.7 Å². The van der Waals surface area contributed by atoms with Crippen LogP contribution in [0.15, 0.2) is 54.7 Å². The average molecular weight is 469 g/mol. The van der Waals surface area contributed by atoms with Crippen molar-refractivity contribution in [2.24, 2.45) is 0 Å². The van der Waals surface area contributed by atoms with E-state index >= 15 is 0 Å². The van der Waals surface area contributed by atoms with Crippen LogP contribution in [0, 0.1) is 5.82 Å². The number of carbonyl (C=O) groups excluding carboxylic acids is 2. The Balaban J connectivity index is 1.50. The van der Waals surface area contributed by atoms with E-state index in [9.17, 15) is 14.0 Å². The number of halogens is 1. The summed E-state index contributed by atoms with van der Waals surface area (Å²) < 4.78 is 34.4. The lowest BCUT2D eigenvalue weighted by Gasteiger charge is -2.14. The van der Waals surface area contributed by atoms with Gasteiger partial charge in [-0.15, -0.1) is 0 Å². The maximum absolute atomic E-state index is 13.2. The SMILES string of the molecule is COc1cc(C(=O)NCC(=O)NCc2ccc(Oc3cccc(F)c3)nc2)cc(OC)c1OC. The van der Waals surface area contributed by atoms with E-state index in [0.29, 0.717) is 28.9 Å². The highest BCUT2D eigenvalue weighted by atomic mass is 19.1. The quantitative estimate of drug-likeness (QED) is 0.470. The Bertz CT molecular complexity index is 1130. The smallest absolute Gasteiger partial charge is 0.251 e. The van der Waals surface area contributed by atoms with Crippen molar-refractivity contribution >= 4 is 11.8 Å². The molecule has 0 atom stereocenters. The molecule has 3 aromatic rings. The lowest BCUT2D eigenvalue weighted by atomic mass is 10.1. The summed E-state index contributed by atoms with van der Waals surface area (Å²) in [5, 5.41) is 5.24. The second kappa shape index (κ2) is 11.5. The predicted octanol–water partition coefficient (Wildman–Crippen LogP) is 3.09. The summed E-state index contributed by atoms with van der Waals surface area (Å²) in [6.07, 6.45) is 1.53. The molecule has 9 nitrogen and oxygen atoms in total. The minimum absolute atomic E-state index is 0.201. The van der Waals surface area contributed by atoms with E-state index in [0.717, 1.165) is 5.56 Å². The van der Waals surface area contributed by atoms with Gasteiger partial charge in [0, 0.05) is 30.4 Å². The van der Waals surface area contributed by atoms with E-state index in [2.05, 4.69) is 15.6 Å². The molecule has 3 rings (SSSR count). The monoisotopic (exact) mass is 469 g/mol. The molecule has 0 bridgehead atoms. The number of methoxy groups -OCH3 is 3. The van der Waals surface area contributed by atoms with Gasteiger partial charge in [0.05, 0.1) is 27.9 Å². The summed E-state index contributed by atoms with van der Waals surface area (Å²) in [7, 11) is 4.35. The third kappa shape index (κ3) is 6.35. The van der Waals surface area contributed by atoms with Crippen LogP contribution < -0.4 is 29.6 Å². The number of hydrogen-bond acceptors (Lipinski definition) is 7. The minimum Gasteiger partial charge on any atom is -0.493 e. The Labute approximate surface area is 195 Å². The Kier molecular flexibility index (Phi) is 8.22. The summed E-state index contributed by atoms with van der Waals surface area (Å²) in [5.41, 5.74) is 0.969. The number of rotatable bonds is 10. The van der Waals surface area contributed by atoms with Gasteiger partial charge in [0.25, 0.3) is 5.91 Å². The number of ether oxygens (including phenoxy) is 4. The highest BCUT2D eigenvalue weighted by Crippen LogP contribution is 2.38. The van der Waals surface area contributed by atoms with Crippen molar-refractivity contribution in [2.75, 3.05) is 27.9 Å². The Hall–Kier alpha value is -4.34. The Morgan fingerprint density at radius 1 is 0.941 bits per heavy atom. The van der Waals surface area contributed by atoms with Crippen molar-refractivity contribution in [2.45, 2.75) is 6.54 Å². The van der Waals surface area contributed by atoms with Gasteiger partial charge in [-0.2, -0.15) is 0 Å². The number of pyridine rings is 1. The number of nitrogens with zero attached hydrogens (tertiary/aromatic N) is 1. The fourth-order valence-electron chi connectivity index (χ4n) is 2.97. The molecule has 0 fully saturated rings. The van der Waals surface area contributed by atoms with E-state index in [4.69, 9.17) is 18.9 Å². The summed E-state index contributed by atoms with van der Waals surface area (Å²) in [6, 6.07) is 12.0. The first-order chi connectivity index (χ1) is 16.4. The van der Waals surface area contributed by atoms with Crippen molar-refractivity contribution in [1.82, 2.24) is 15.6 Å². The summed E-state index contributed by atoms with van der Waals surface area (Å²) in [6.45, 7) is -0.0319. The lowest BCUT2D eigenvalue weighted by molar-refractivity contribution is -0.120. The molecule has 1 heterocycles. The zero-order chi connectivity index (χ0) is 24.5. The van der Waals surface area contributed by atoms with Gasteiger partial charge in [0.15, 0.2) is 11.5 Å². The normalized spacial score (nSPS) is 10.2. The van der Waals surface area contributed by atoms with Gasteiger partial charge in [-0.3, -0.25) is 9.59 Å². The molecule has 178 valence electrons. The molecule has 0 radical (unpaired) electrons. The van der Waals surface area contributed by atoms with E-state index in [1.54, 1.807) is 18.2 Å². The number of hydrogen-bond donors (Lipinski definition) is 2. The molecular formula is C24H24FN3O6. The van der Waals surface area contributed by atoms with Crippen LogP contribution in [0.5, 0.6) is 28.9 Å². The summed E-state index contributed by atoms with van der Waals surface area (Å²) in [5.74, 6) is 0.363. The fraction of sp³-hybridized carbons (Fsp3) is 0.208. The number of amides is 2. The molecule has 2 N–H and O–H groups in total. The number of benzene rings is 2. The molecule has 0 unspecified atom stereocenters. The van der Waals surface area contributed by atoms with Gasteiger partial charge < -0.3 is 29.6 Å². The van der Waals surface area contributed by atoms with Crippen LogP contribution in [0.25, 0.3) is 0 Å². The largest absolute Gasteiger partial charge is 0.493 e. The van der Waals surface area contributed by atoms with E-state index in [1.807, 2.05) is 0 Å². The van der Waals surface area contributed by atoms with Gasteiger partial charge in [-0.1, -0.05) is 12.1 Å². The molecule has 1 aromatic heterocycles. The first kappa shape index (κ1) is 24.3. The van der Waals surface area contributed by atoms with Gasteiger partial charge >= 0.3 is 0 Å². The molecule has 0 saturated carbocycles. The summed E-state index contributed by atoms with van der Waals surface area (Å²) in [4.78, 5) is 28.8. The maximum atomic E-state index is 13.2. The van der Waals surface area contributed by atoms with Crippen LogP contribution in [0.3, 0.4) is 0 Å². The zero-order valence-corrected chi connectivity index (χ0v) is 18.9. The van der Waals surface area contributed by atoms with E-state index < -0.39 is 11.7 Å². The van der Waals surface area contributed by atoms with Crippen molar-refractivity contribution in [3.8, 4) is 28.9 Å². The second-order valence-electron chi connectivity index (χ2n) is 6.94. The van der Waals surface area contributed by atoms with Crippen LogP contribution in [0.4, 0.5) is 4.39 Å². The van der Waals surface area contributed by atoms with Gasteiger partial charge in [0.1, 0.15) is 11.6 Å². The molecule has 2 amide bonds. The molecule has 0 aliphatic carbocycles. The first-order valence-corrected chi connectivity index (χ1v) is 10.2. The third-order valence-corrected chi connectivity index (χ3v) is 4.64. The standard InChI is InChI=1S/C24H24FN3O6/c1-31-19-9-16(10-20(32-2)23(19)33-3)24(30)28-14-21(29)26-12-15-7-8-22(27-13-15)34-18-6-4-5-17(25)11-18/h4-11,13H,12,14H2,1-3H3,(H,26,29)(H,28,30). The zero-order valence-electron chi connectivity index (χ0n) is 18.9. The van der Waals surface area contributed by atoms with Crippen LogP contribution in [-0.2, 0) is 11.3 Å². The first-order valence-electron chi connectivity index (χ1n) is 10.2. The molecule has 0 saturated heterocycles.